The predicted octanol–water partition coefficient (Wildman–Crippen LogP) is 2.25. The van der Waals surface area contributed by atoms with Crippen LogP contribution in [0.2, 0.25) is 0 Å². The van der Waals surface area contributed by atoms with Gasteiger partial charge in [-0.3, -0.25) is 14.7 Å². The molecule has 0 unspecified atom stereocenters. The summed E-state index contributed by atoms with van der Waals surface area (Å²) in [4.78, 5) is 35.1. The summed E-state index contributed by atoms with van der Waals surface area (Å²) in [7, 11) is 1.68. The molecule has 0 bridgehead atoms. The van der Waals surface area contributed by atoms with E-state index in [9.17, 15) is 4.79 Å². The van der Waals surface area contributed by atoms with Crippen LogP contribution in [0, 0.1) is 0 Å². The maximum Gasteiger partial charge on any atom is 0.307 e. The van der Waals surface area contributed by atoms with Crippen molar-refractivity contribution >= 4 is 40.2 Å². The average molecular weight is 551 g/mol. The number of aromatic amines is 2. The number of imidazole rings is 1. The van der Waals surface area contributed by atoms with E-state index >= 15 is 0 Å². The standard InChI is InChI=1S/C28H39N9O3/c1-39-23-17-21(36-11-9-35(10-12-36)18-24(38)37-13-15-40-16-14-37)7-8-22(23)32-28-33-26-25(29-19-30-26)27(34-28)31-20-5-3-2-4-6-20/h7-8,17,19-20H,2-6,9-16,18H2,1H3,(H3,29,30,31,32,33,34)/p+1. The van der Waals surface area contributed by atoms with Crippen molar-refractivity contribution in [3.63, 3.8) is 0 Å². The first-order valence-electron chi connectivity index (χ1n) is 14.5. The minimum absolute atomic E-state index is 0.198. The molecule has 6 rings (SSSR count). The highest BCUT2D eigenvalue weighted by Crippen LogP contribution is 2.33. The topological polar surface area (TPSA) is 125 Å². The van der Waals surface area contributed by atoms with Gasteiger partial charge in [0, 0.05) is 57.1 Å². The van der Waals surface area contributed by atoms with E-state index < -0.39 is 0 Å². The van der Waals surface area contributed by atoms with Crippen LogP contribution in [0.3, 0.4) is 0 Å². The molecule has 1 aliphatic carbocycles. The molecule has 1 amide bonds. The number of nitrogens with zero attached hydrogens (tertiary/aromatic N) is 5. The molecule has 2 aromatic heterocycles. The second-order valence-corrected chi connectivity index (χ2v) is 10.8. The second kappa shape index (κ2) is 12.3. The van der Waals surface area contributed by atoms with Gasteiger partial charge in [0.1, 0.15) is 5.75 Å². The minimum atomic E-state index is 0.198. The van der Waals surface area contributed by atoms with Crippen molar-refractivity contribution in [2.75, 3.05) is 81.7 Å². The van der Waals surface area contributed by atoms with Gasteiger partial charge in [0.25, 0.3) is 0 Å². The fourth-order valence-electron chi connectivity index (χ4n) is 5.85. The summed E-state index contributed by atoms with van der Waals surface area (Å²) in [6.45, 7) is 6.52. The van der Waals surface area contributed by atoms with E-state index in [0.717, 1.165) is 73.1 Å². The molecular weight excluding hydrogens is 510 g/mol. The van der Waals surface area contributed by atoms with E-state index in [2.05, 4.69) is 47.5 Å². The zero-order valence-corrected chi connectivity index (χ0v) is 23.2. The maximum absolute atomic E-state index is 12.6. The highest BCUT2D eigenvalue weighted by Gasteiger charge is 2.24. The highest BCUT2D eigenvalue weighted by molar-refractivity contribution is 5.82. The third-order valence-corrected chi connectivity index (χ3v) is 8.17. The van der Waals surface area contributed by atoms with Gasteiger partial charge in [-0.1, -0.05) is 24.2 Å². The van der Waals surface area contributed by atoms with Gasteiger partial charge in [-0.25, -0.2) is 4.98 Å². The fourth-order valence-corrected chi connectivity index (χ4v) is 5.85. The number of amides is 1. The Morgan fingerprint density at radius 1 is 1.10 bits per heavy atom. The Balaban J connectivity index is 1.10. The molecule has 12 heteroatoms. The first-order chi connectivity index (χ1) is 19.7. The van der Waals surface area contributed by atoms with Gasteiger partial charge in [-0.15, -0.1) is 0 Å². The van der Waals surface area contributed by atoms with Crippen LogP contribution in [-0.2, 0) is 9.53 Å². The van der Waals surface area contributed by atoms with Gasteiger partial charge in [-0.05, 0) is 25.0 Å². The number of H-pyrrole nitrogens is 2. The van der Waals surface area contributed by atoms with Crippen molar-refractivity contribution in [2.24, 2.45) is 0 Å². The normalized spacial score (nSPS) is 19.1. The van der Waals surface area contributed by atoms with Crippen molar-refractivity contribution in [2.45, 2.75) is 38.1 Å². The van der Waals surface area contributed by atoms with Crippen LogP contribution < -0.4 is 25.3 Å². The molecule has 4 N–H and O–H groups in total. The highest BCUT2D eigenvalue weighted by atomic mass is 16.5. The van der Waals surface area contributed by atoms with Gasteiger partial charge in [0.2, 0.25) is 11.4 Å². The molecular formula is C28H40N9O3+. The molecule has 0 radical (unpaired) electrons. The lowest BCUT2D eigenvalue weighted by Gasteiger charge is -2.37. The van der Waals surface area contributed by atoms with Gasteiger partial charge < -0.3 is 29.9 Å². The third kappa shape index (κ3) is 6.07. The SMILES string of the molecule is COc1cc(N2CCN(CC(=O)N3CCOCC3)CC2)ccc1Nc1nc(NC2CCCCC2)c2[nH]c[nH+]c2n1. The minimum Gasteiger partial charge on any atom is -0.494 e. The largest absolute Gasteiger partial charge is 0.494 e. The quantitative estimate of drug-likeness (QED) is 0.387. The predicted molar refractivity (Wildman–Crippen MR) is 153 cm³/mol. The molecule has 0 spiro atoms. The molecule has 12 nitrogen and oxygen atoms in total. The van der Waals surface area contributed by atoms with Crippen molar-refractivity contribution in [1.82, 2.24) is 24.8 Å². The number of hydrogen-bond donors (Lipinski definition) is 3. The summed E-state index contributed by atoms with van der Waals surface area (Å²) in [5, 5.41) is 7.01. The summed E-state index contributed by atoms with van der Waals surface area (Å²) in [5.41, 5.74) is 3.52. The van der Waals surface area contributed by atoms with Crippen LogP contribution >= 0.6 is 0 Å². The number of anilines is 4. The van der Waals surface area contributed by atoms with E-state index in [4.69, 9.17) is 14.5 Å². The number of piperazine rings is 1. The molecule has 2 aliphatic heterocycles. The van der Waals surface area contributed by atoms with E-state index in [1.807, 2.05) is 11.0 Å². The van der Waals surface area contributed by atoms with Crippen LogP contribution in [0.5, 0.6) is 5.75 Å². The van der Waals surface area contributed by atoms with Gasteiger partial charge in [0.05, 0.1) is 32.6 Å². The summed E-state index contributed by atoms with van der Waals surface area (Å²) in [6.07, 6.45) is 7.90. The molecule has 40 heavy (non-hydrogen) atoms. The van der Waals surface area contributed by atoms with Crippen molar-refractivity contribution in [1.29, 1.82) is 0 Å². The Bertz CT molecular complexity index is 1300. The Morgan fingerprint density at radius 2 is 1.90 bits per heavy atom. The second-order valence-electron chi connectivity index (χ2n) is 10.8. The Kier molecular flexibility index (Phi) is 8.14. The molecule has 3 aliphatic rings. The van der Waals surface area contributed by atoms with Crippen LogP contribution in [0.1, 0.15) is 32.1 Å². The lowest BCUT2D eigenvalue weighted by atomic mass is 9.95. The summed E-state index contributed by atoms with van der Waals surface area (Å²) in [5.74, 6) is 2.24. The van der Waals surface area contributed by atoms with E-state index in [-0.39, 0.29) is 5.91 Å². The molecule has 3 aromatic rings. The first kappa shape index (κ1) is 26.6. The first-order valence-corrected chi connectivity index (χ1v) is 14.5. The zero-order chi connectivity index (χ0) is 27.3. The number of nitrogens with one attached hydrogen (secondary N) is 4. The average Bonchev–Trinajstić information content (AvgIpc) is 3.48. The van der Waals surface area contributed by atoms with Gasteiger partial charge >= 0.3 is 11.6 Å². The molecule has 2 saturated heterocycles. The Hall–Kier alpha value is -3.64. The molecule has 214 valence electrons. The van der Waals surface area contributed by atoms with Crippen LogP contribution in [-0.4, -0.2) is 103 Å². The number of hydrogen-bond acceptors (Lipinski definition) is 9. The molecule has 1 saturated carbocycles. The lowest BCUT2D eigenvalue weighted by molar-refractivity contribution is -0.347. The number of morpholine rings is 1. The summed E-state index contributed by atoms with van der Waals surface area (Å²) < 4.78 is 11.1. The fraction of sp³-hybridized carbons (Fsp3) is 0.571. The number of carbonyl (C=O) groups excluding carboxylic acids is 1. The van der Waals surface area contributed by atoms with Gasteiger partial charge in [0.15, 0.2) is 12.1 Å². The monoisotopic (exact) mass is 550 g/mol. The number of carbonyl (C=O) groups is 1. The molecule has 0 atom stereocenters. The Labute approximate surface area is 234 Å². The van der Waals surface area contributed by atoms with E-state index in [0.29, 0.717) is 44.8 Å². The molecule has 1 aromatic carbocycles. The van der Waals surface area contributed by atoms with Crippen LogP contribution in [0.25, 0.3) is 11.2 Å². The summed E-state index contributed by atoms with van der Waals surface area (Å²) >= 11 is 0. The summed E-state index contributed by atoms with van der Waals surface area (Å²) in [6, 6.07) is 6.60. The lowest BCUT2D eigenvalue weighted by Crippen LogP contribution is -2.51. The molecule has 4 heterocycles. The number of fused-ring (bicyclic) bond motifs is 1. The number of rotatable bonds is 8. The number of ether oxygens (including phenoxy) is 2. The van der Waals surface area contributed by atoms with Crippen LogP contribution in [0.15, 0.2) is 24.5 Å². The third-order valence-electron chi connectivity index (χ3n) is 8.17. The van der Waals surface area contributed by atoms with E-state index in [1.54, 1.807) is 13.4 Å². The van der Waals surface area contributed by atoms with Crippen molar-refractivity contribution in [3.05, 3.63) is 24.5 Å². The van der Waals surface area contributed by atoms with Crippen molar-refractivity contribution < 1.29 is 19.3 Å². The van der Waals surface area contributed by atoms with E-state index in [1.165, 1.54) is 19.3 Å². The van der Waals surface area contributed by atoms with Gasteiger partial charge in [-0.2, -0.15) is 4.98 Å². The Morgan fingerprint density at radius 3 is 2.67 bits per heavy atom. The van der Waals surface area contributed by atoms with Crippen molar-refractivity contribution in [3.8, 4) is 5.75 Å². The van der Waals surface area contributed by atoms with Crippen LogP contribution in [0.4, 0.5) is 23.1 Å². The number of methoxy groups -OCH3 is 1. The zero-order valence-electron chi connectivity index (χ0n) is 23.2. The number of aromatic nitrogens is 4. The number of benzene rings is 1. The molecule has 3 fully saturated rings. The maximum atomic E-state index is 12.6. The smallest absolute Gasteiger partial charge is 0.307 e.